The molecule has 1 unspecified atom stereocenters. The molecule has 0 radical (unpaired) electrons. The zero-order valence-corrected chi connectivity index (χ0v) is 17.2. The lowest BCUT2D eigenvalue weighted by Crippen LogP contribution is -2.32. The van der Waals surface area contributed by atoms with E-state index in [1.165, 1.54) is 16.0 Å². The Balaban J connectivity index is 1.29. The van der Waals surface area contributed by atoms with Crippen LogP contribution in [0.5, 0.6) is 5.75 Å². The summed E-state index contributed by atoms with van der Waals surface area (Å²) in [6, 6.07) is 16.2. The quantitative estimate of drug-likeness (QED) is 0.697. The van der Waals surface area contributed by atoms with Gasteiger partial charge in [0.1, 0.15) is 5.75 Å². The van der Waals surface area contributed by atoms with E-state index >= 15 is 0 Å². The molecule has 0 fully saturated rings. The van der Waals surface area contributed by atoms with Gasteiger partial charge in [0.15, 0.2) is 5.13 Å². The van der Waals surface area contributed by atoms with Crippen LogP contribution in [0.4, 0.5) is 5.13 Å². The van der Waals surface area contributed by atoms with Crippen LogP contribution in [-0.4, -0.2) is 28.9 Å². The van der Waals surface area contributed by atoms with Gasteiger partial charge >= 0.3 is 0 Å². The minimum absolute atomic E-state index is 0.111. The Morgan fingerprint density at radius 3 is 2.93 bits per heavy atom. The summed E-state index contributed by atoms with van der Waals surface area (Å²) in [5.74, 6) is 0.927. The van der Waals surface area contributed by atoms with Gasteiger partial charge in [-0.05, 0) is 36.2 Å². The van der Waals surface area contributed by atoms with Gasteiger partial charge < -0.3 is 4.74 Å². The standard InChI is InChI=1S/C23H23N3O2S/c1-15(18-8-7-16-10-12-28-20(16)13-18)26-11-9-19-21(14-26)29-23(24-19)25-22(27)17-5-3-2-4-6-17/h2-8,13,15H,9-12,14H2,1H3,(H,24,25,27). The lowest BCUT2D eigenvalue weighted by atomic mass is 10.0. The molecule has 5 nitrogen and oxygen atoms in total. The summed E-state index contributed by atoms with van der Waals surface area (Å²) >= 11 is 1.59. The maximum atomic E-state index is 12.4. The van der Waals surface area contributed by atoms with Gasteiger partial charge in [0.05, 0.1) is 12.3 Å². The lowest BCUT2D eigenvalue weighted by Gasteiger charge is -2.32. The van der Waals surface area contributed by atoms with Crippen molar-refractivity contribution in [1.82, 2.24) is 9.88 Å². The molecule has 2 aliphatic heterocycles. The number of amides is 1. The number of nitrogens with one attached hydrogen (secondary N) is 1. The highest BCUT2D eigenvalue weighted by Gasteiger charge is 2.26. The minimum Gasteiger partial charge on any atom is -0.493 e. The van der Waals surface area contributed by atoms with E-state index in [4.69, 9.17) is 4.74 Å². The Hall–Kier alpha value is -2.70. The third-order valence-corrected chi connectivity index (χ3v) is 6.77. The van der Waals surface area contributed by atoms with E-state index in [9.17, 15) is 4.79 Å². The van der Waals surface area contributed by atoms with Gasteiger partial charge in [0.25, 0.3) is 5.91 Å². The summed E-state index contributed by atoms with van der Waals surface area (Å²) in [6.07, 6.45) is 1.91. The van der Waals surface area contributed by atoms with Gasteiger partial charge in [0, 0.05) is 42.4 Å². The van der Waals surface area contributed by atoms with Crippen molar-refractivity contribution in [3.63, 3.8) is 0 Å². The monoisotopic (exact) mass is 405 g/mol. The third-order valence-electron chi connectivity index (χ3n) is 5.77. The minimum atomic E-state index is -0.111. The molecule has 1 atom stereocenters. The predicted molar refractivity (Wildman–Crippen MR) is 115 cm³/mol. The Labute approximate surface area is 174 Å². The Morgan fingerprint density at radius 1 is 1.21 bits per heavy atom. The summed E-state index contributed by atoms with van der Waals surface area (Å²) < 4.78 is 5.74. The summed E-state index contributed by atoms with van der Waals surface area (Å²) in [6.45, 7) is 4.86. The van der Waals surface area contributed by atoms with Crippen LogP contribution in [-0.2, 0) is 19.4 Å². The molecule has 3 aromatic rings. The van der Waals surface area contributed by atoms with Crippen molar-refractivity contribution >= 4 is 22.4 Å². The lowest BCUT2D eigenvalue weighted by molar-refractivity contribution is 0.102. The highest BCUT2D eigenvalue weighted by molar-refractivity contribution is 7.15. The summed E-state index contributed by atoms with van der Waals surface area (Å²) in [5.41, 5.74) is 4.35. The molecule has 1 N–H and O–H groups in total. The molecule has 2 aromatic carbocycles. The number of anilines is 1. The first-order valence-corrected chi connectivity index (χ1v) is 10.8. The first kappa shape index (κ1) is 18.3. The van der Waals surface area contributed by atoms with Gasteiger partial charge in [-0.25, -0.2) is 4.98 Å². The van der Waals surface area contributed by atoms with E-state index in [-0.39, 0.29) is 5.91 Å². The molecule has 1 aromatic heterocycles. The molecule has 29 heavy (non-hydrogen) atoms. The second kappa shape index (κ2) is 7.61. The number of hydrogen-bond acceptors (Lipinski definition) is 5. The smallest absolute Gasteiger partial charge is 0.257 e. The molecule has 0 saturated carbocycles. The molecule has 148 valence electrons. The van der Waals surface area contributed by atoms with Crippen LogP contribution in [0.1, 0.15) is 45.0 Å². The van der Waals surface area contributed by atoms with Gasteiger partial charge in [-0.2, -0.15) is 0 Å². The molecule has 5 rings (SSSR count). The molecule has 0 saturated heterocycles. The summed E-state index contributed by atoms with van der Waals surface area (Å²) in [4.78, 5) is 20.8. The van der Waals surface area contributed by atoms with Crippen LogP contribution in [0.2, 0.25) is 0 Å². The molecular weight excluding hydrogens is 382 g/mol. The maximum Gasteiger partial charge on any atom is 0.257 e. The highest BCUT2D eigenvalue weighted by Crippen LogP contribution is 2.35. The number of aromatic nitrogens is 1. The Morgan fingerprint density at radius 2 is 2.07 bits per heavy atom. The van der Waals surface area contributed by atoms with Crippen molar-refractivity contribution in [2.45, 2.75) is 32.4 Å². The van der Waals surface area contributed by atoms with Crippen molar-refractivity contribution in [2.75, 3.05) is 18.5 Å². The molecule has 3 heterocycles. The Bertz CT molecular complexity index is 1050. The van der Waals surface area contributed by atoms with Crippen LogP contribution in [0.3, 0.4) is 0 Å². The van der Waals surface area contributed by atoms with Crippen molar-refractivity contribution in [3.05, 3.63) is 75.8 Å². The van der Waals surface area contributed by atoms with Crippen LogP contribution < -0.4 is 10.1 Å². The third kappa shape index (κ3) is 3.66. The van der Waals surface area contributed by atoms with E-state index in [2.05, 4.69) is 40.3 Å². The maximum absolute atomic E-state index is 12.4. The first-order valence-electron chi connectivity index (χ1n) is 10.0. The topological polar surface area (TPSA) is 54.5 Å². The molecule has 0 spiro atoms. The van der Waals surface area contributed by atoms with Crippen molar-refractivity contribution in [3.8, 4) is 5.75 Å². The molecule has 0 bridgehead atoms. The second-order valence-electron chi connectivity index (χ2n) is 7.57. The molecule has 6 heteroatoms. The van der Waals surface area contributed by atoms with E-state index in [1.54, 1.807) is 11.3 Å². The molecule has 1 amide bonds. The zero-order valence-electron chi connectivity index (χ0n) is 16.4. The van der Waals surface area contributed by atoms with Crippen LogP contribution in [0.15, 0.2) is 48.5 Å². The first-order chi connectivity index (χ1) is 14.2. The number of ether oxygens (including phenoxy) is 1. The van der Waals surface area contributed by atoms with Crippen molar-refractivity contribution < 1.29 is 9.53 Å². The number of rotatable bonds is 4. The second-order valence-corrected chi connectivity index (χ2v) is 8.65. The summed E-state index contributed by atoms with van der Waals surface area (Å²) in [7, 11) is 0. The SMILES string of the molecule is CC(c1ccc2c(c1)OCC2)N1CCc2nc(NC(=O)c3ccccc3)sc2C1. The number of benzene rings is 2. The number of carbonyl (C=O) groups excluding carboxylic acids is 1. The molecule has 2 aliphatic rings. The van der Waals surface area contributed by atoms with E-state index in [1.807, 2.05) is 30.3 Å². The Kier molecular flexibility index (Phi) is 4.81. The fraction of sp³-hybridized carbons (Fsp3) is 0.304. The normalized spacial score (nSPS) is 16.6. The molecular formula is C23H23N3O2S. The predicted octanol–water partition coefficient (Wildman–Crippen LogP) is 4.45. The number of hydrogen-bond donors (Lipinski definition) is 1. The van der Waals surface area contributed by atoms with E-state index in [0.717, 1.165) is 44.0 Å². The van der Waals surface area contributed by atoms with Gasteiger partial charge in [-0.15, -0.1) is 11.3 Å². The van der Waals surface area contributed by atoms with Gasteiger partial charge in [-0.1, -0.05) is 30.3 Å². The van der Waals surface area contributed by atoms with E-state index in [0.29, 0.717) is 16.7 Å². The number of fused-ring (bicyclic) bond motifs is 2. The van der Waals surface area contributed by atoms with Crippen LogP contribution in [0, 0.1) is 0 Å². The van der Waals surface area contributed by atoms with Gasteiger partial charge in [0.2, 0.25) is 0 Å². The highest BCUT2D eigenvalue weighted by atomic mass is 32.1. The number of thiazole rings is 1. The average molecular weight is 406 g/mol. The molecule has 0 aliphatic carbocycles. The fourth-order valence-electron chi connectivity index (χ4n) is 4.01. The zero-order chi connectivity index (χ0) is 19.8. The summed E-state index contributed by atoms with van der Waals surface area (Å²) in [5, 5.41) is 3.64. The number of carbonyl (C=O) groups is 1. The van der Waals surface area contributed by atoms with Crippen molar-refractivity contribution in [2.24, 2.45) is 0 Å². The largest absolute Gasteiger partial charge is 0.493 e. The van der Waals surface area contributed by atoms with E-state index < -0.39 is 0 Å². The van der Waals surface area contributed by atoms with Crippen LogP contribution in [0.25, 0.3) is 0 Å². The van der Waals surface area contributed by atoms with Crippen LogP contribution >= 0.6 is 11.3 Å². The average Bonchev–Trinajstić information content (AvgIpc) is 3.38. The van der Waals surface area contributed by atoms with Gasteiger partial charge in [-0.3, -0.25) is 15.0 Å². The van der Waals surface area contributed by atoms with Crippen molar-refractivity contribution in [1.29, 1.82) is 0 Å². The fourth-order valence-corrected chi connectivity index (χ4v) is 5.04. The number of nitrogens with zero attached hydrogens (tertiary/aromatic N) is 2.